The Morgan fingerprint density at radius 2 is 0.407 bits per heavy atom. The van der Waals surface area contributed by atoms with Crippen LogP contribution in [0.5, 0.6) is 0 Å². The summed E-state index contributed by atoms with van der Waals surface area (Å²) in [6.07, 6.45) is 0. The second-order valence-electron chi connectivity index (χ2n) is 32.6. The van der Waals surface area contributed by atoms with E-state index in [1.807, 2.05) is 0 Å². The highest BCUT2D eigenvalue weighted by molar-refractivity contribution is 6.25. The average Bonchev–Trinajstić information content (AvgIpc) is 1.58. The van der Waals surface area contributed by atoms with E-state index < -0.39 is 0 Å². The van der Waals surface area contributed by atoms with Gasteiger partial charge in [-0.15, -0.1) is 0 Å². The Morgan fingerprint density at radius 3 is 0.894 bits per heavy atom. The van der Waals surface area contributed by atoms with Crippen molar-refractivity contribution in [1.29, 1.82) is 0 Å². The first-order chi connectivity index (χ1) is 61.0. The smallest absolute Gasteiger partial charge is 0.0547 e. The highest BCUT2D eigenvalue weighted by Crippen LogP contribution is 2.45. The summed E-state index contributed by atoms with van der Waals surface area (Å²) < 4.78 is 7.16. The van der Waals surface area contributed by atoms with Crippen molar-refractivity contribution in [3.63, 3.8) is 0 Å². The molecule has 0 aliphatic carbocycles. The van der Waals surface area contributed by atoms with Crippen LogP contribution < -0.4 is 0 Å². The molecule has 3 heterocycles. The number of aromatic nitrogens is 3. The molecule has 0 atom stereocenters. The van der Waals surface area contributed by atoms with Gasteiger partial charge in [0.15, 0.2) is 0 Å². The fourth-order valence-corrected chi connectivity index (χ4v) is 19.8. The highest BCUT2D eigenvalue weighted by Gasteiger charge is 2.21. The molecule has 123 heavy (non-hydrogen) atoms. The summed E-state index contributed by atoms with van der Waals surface area (Å²) in [7, 11) is 0. The van der Waals surface area contributed by atoms with E-state index in [-0.39, 0.29) is 0 Å². The molecule has 0 fully saturated rings. The van der Waals surface area contributed by atoms with Crippen molar-refractivity contribution < 1.29 is 0 Å². The Bertz CT molecular complexity index is 8740. The zero-order valence-corrected chi connectivity index (χ0v) is 67.3. The van der Waals surface area contributed by atoms with Crippen LogP contribution >= 0.6 is 0 Å². The number of rotatable bonds is 8. The molecule has 0 spiro atoms. The molecule has 3 heteroatoms. The van der Waals surface area contributed by atoms with Gasteiger partial charge < -0.3 is 13.7 Å². The lowest BCUT2D eigenvalue weighted by Gasteiger charge is -2.12. The Morgan fingerprint density at radius 1 is 0.114 bits per heavy atom. The molecule has 26 aromatic rings. The highest BCUT2D eigenvalue weighted by atomic mass is 15.0. The van der Waals surface area contributed by atoms with Crippen molar-refractivity contribution in [1.82, 2.24) is 13.7 Å². The third-order valence-corrected chi connectivity index (χ3v) is 25.6. The normalized spacial score (nSPS) is 11.7. The average molecular weight is 1560 g/mol. The zero-order valence-electron chi connectivity index (χ0n) is 67.3. The fraction of sp³-hybridized carbons (Fsp3) is 0. The van der Waals surface area contributed by atoms with Gasteiger partial charge in [-0.3, -0.25) is 0 Å². The van der Waals surface area contributed by atoms with Crippen LogP contribution in [0.3, 0.4) is 0 Å². The lowest BCUT2D eigenvalue weighted by atomic mass is 9.91. The van der Waals surface area contributed by atoms with Gasteiger partial charge >= 0.3 is 0 Å². The van der Waals surface area contributed by atoms with Gasteiger partial charge in [0, 0.05) is 49.4 Å². The quantitative estimate of drug-likeness (QED) is 0.135. The minimum absolute atomic E-state index is 1.18. The van der Waals surface area contributed by atoms with E-state index in [9.17, 15) is 0 Å². The van der Waals surface area contributed by atoms with Gasteiger partial charge in [0.25, 0.3) is 0 Å². The molecule has 0 saturated carbocycles. The summed E-state index contributed by atoms with van der Waals surface area (Å²) in [5.41, 5.74) is 23.4. The Balaban J connectivity index is 0.000000104. The second kappa shape index (κ2) is 29.4. The van der Waals surface area contributed by atoms with Crippen molar-refractivity contribution in [3.05, 3.63) is 467 Å². The number of hydrogen-bond acceptors (Lipinski definition) is 0. The number of benzene rings is 23. The molecular weight excluding hydrogens is 1480 g/mol. The van der Waals surface area contributed by atoms with Crippen molar-refractivity contribution in [2.45, 2.75) is 0 Å². The van der Waals surface area contributed by atoms with Gasteiger partial charge in [-0.1, -0.05) is 340 Å². The van der Waals surface area contributed by atoms with E-state index in [0.29, 0.717) is 0 Å². The second-order valence-corrected chi connectivity index (χ2v) is 32.6. The molecule has 0 amide bonds. The van der Waals surface area contributed by atoms with E-state index in [1.165, 1.54) is 235 Å². The molecule has 572 valence electrons. The first-order valence-electron chi connectivity index (χ1n) is 42.5. The third-order valence-electron chi connectivity index (χ3n) is 25.6. The lowest BCUT2D eigenvalue weighted by molar-refractivity contribution is 1.18. The molecule has 23 aromatic carbocycles. The molecule has 3 aromatic heterocycles. The van der Waals surface area contributed by atoms with E-state index >= 15 is 0 Å². The van der Waals surface area contributed by atoms with Gasteiger partial charge in [0.05, 0.1) is 33.1 Å². The molecule has 0 N–H and O–H groups in total. The summed E-state index contributed by atoms with van der Waals surface area (Å²) in [6, 6.07) is 170. The topological polar surface area (TPSA) is 14.8 Å². The molecular formula is C120H77N3. The van der Waals surface area contributed by atoms with Gasteiger partial charge in [0.1, 0.15) is 0 Å². The SMILES string of the molecule is c1ccc(-n2c3ccccc3c3c4cc(-c5cc6ccccc6c6ccccc56)ccc4ccc32)cc1.c1ccc(-n2c3ccccc3c3c4ccc(-c5ccc6ccc(-c7ccc8ccccc8c7)cc6c5)cc4ccc32)cc1.c1ccc(-n2c3ccccc3c3c4ccc(-c5ccc6ccc(-c7cccc8ccccc78)cc6c5)cc4ccc32)cc1. The van der Waals surface area contributed by atoms with Crippen molar-refractivity contribution in [2.75, 3.05) is 0 Å². The van der Waals surface area contributed by atoms with Gasteiger partial charge in [-0.2, -0.15) is 0 Å². The van der Waals surface area contributed by atoms with Crippen LogP contribution in [0.2, 0.25) is 0 Å². The standard InChI is InChI=1S/2C42H27N.C36H23N/c1-2-11-35(12-3-1)43-40-16-7-6-14-39(40)42-38-23-21-31(25-33(38)22-24-41(42)43)30-19-17-28-18-20-32(27-34(28)26-30)37-15-8-10-29-9-4-5-13-36(29)37;1-2-10-37(11-3-1)43-40-13-7-6-12-39(40)42-38-22-20-34(25-35(38)21-23-41(42)43)33-19-16-29-15-18-32(26-36(29)27-33)31-17-14-28-8-4-5-9-30(28)24-31;1-2-11-27(12-3-1)37-34-17-9-8-16-31(34)36-33-23-26(19-18-24(33)20-21-35(36)37)32-22-25-10-4-5-13-28(25)29-14-6-7-15-30(29)32/h2*1-27H;1-23H. The molecule has 0 saturated heterocycles. The first-order valence-corrected chi connectivity index (χ1v) is 42.5. The maximum absolute atomic E-state index is 2.40. The number of fused-ring (bicyclic) bond motifs is 22. The third kappa shape index (κ3) is 12.2. The fourth-order valence-electron chi connectivity index (χ4n) is 19.8. The van der Waals surface area contributed by atoms with Crippen LogP contribution in [0, 0.1) is 0 Å². The molecule has 26 rings (SSSR count). The minimum Gasteiger partial charge on any atom is -0.309 e. The number of para-hydroxylation sites is 6. The first kappa shape index (κ1) is 71.0. The van der Waals surface area contributed by atoms with E-state index in [1.54, 1.807) is 0 Å². The number of nitrogens with zero attached hydrogens (tertiary/aromatic N) is 3. The van der Waals surface area contributed by atoms with Crippen LogP contribution in [0.15, 0.2) is 467 Å². The summed E-state index contributed by atoms with van der Waals surface area (Å²) in [5, 5.41) is 30.7. The summed E-state index contributed by atoms with van der Waals surface area (Å²) in [4.78, 5) is 0. The molecule has 0 unspecified atom stereocenters. The summed E-state index contributed by atoms with van der Waals surface area (Å²) >= 11 is 0. The number of hydrogen-bond donors (Lipinski definition) is 0. The van der Waals surface area contributed by atoms with E-state index in [4.69, 9.17) is 0 Å². The molecule has 0 bridgehead atoms. The minimum atomic E-state index is 1.18. The maximum atomic E-state index is 2.40. The predicted octanol–water partition coefficient (Wildman–Crippen LogP) is 33.1. The van der Waals surface area contributed by atoms with Crippen LogP contribution in [0.25, 0.3) is 235 Å². The predicted molar refractivity (Wildman–Crippen MR) is 527 cm³/mol. The Hall–Kier alpha value is -16.2. The van der Waals surface area contributed by atoms with Crippen molar-refractivity contribution in [2.24, 2.45) is 0 Å². The zero-order chi connectivity index (χ0) is 81.0. The summed E-state index contributed by atoms with van der Waals surface area (Å²) in [6.45, 7) is 0. The van der Waals surface area contributed by atoms with Gasteiger partial charge in [0.2, 0.25) is 0 Å². The van der Waals surface area contributed by atoms with Crippen LogP contribution in [-0.2, 0) is 0 Å². The Labute approximate surface area is 710 Å². The van der Waals surface area contributed by atoms with Gasteiger partial charge in [-0.05, 0) is 280 Å². The molecule has 3 nitrogen and oxygen atoms in total. The molecule has 0 radical (unpaired) electrons. The van der Waals surface area contributed by atoms with E-state index in [0.717, 1.165) is 0 Å². The molecule has 0 aliphatic heterocycles. The van der Waals surface area contributed by atoms with Gasteiger partial charge in [-0.25, -0.2) is 0 Å². The van der Waals surface area contributed by atoms with Crippen molar-refractivity contribution in [3.8, 4) is 72.7 Å². The molecule has 0 aliphatic rings. The van der Waals surface area contributed by atoms with Crippen LogP contribution in [0.1, 0.15) is 0 Å². The lowest BCUT2D eigenvalue weighted by Crippen LogP contribution is -1.92. The maximum Gasteiger partial charge on any atom is 0.0547 e. The Kier molecular flexibility index (Phi) is 17.0. The van der Waals surface area contributed by atoms with E-state index in [2.05, 4.69) is 481 Å². The largest absolute Gasteiger partial charge is 0.309 e. The van der Waals surface area contributed by atoms with Crippen LogP contribution in [-0.4, -0.2) is 13.7 Å². The summed E-state index contributed by atoms with van der Waals surface area (Å²) in [5.74, 6) is 0. The van der Waals surface area contributed by atoms with Crippen molar-refractivity contribution >= 4 is 162 Å². The van der Waals surface area contributed by atoms with Crippen LogP contribution in [0.4, 0.5) is 0 Å². The monoisotopic (exact) mass is 1560 g/mol.